The van der Waals surface area contributed by atoms with Crippen LogP contribution in [-0.2, 0) is 4.57 Å². The monoisotopic (exact) mass is 167 g/mol. The molecule has 0 radical (unpaired) electrons. The summed E-state index contributed by atoms with van der Waals surface area (Å²) in [6, 6.07) is 0. The number of nitrogens with one attached hydrogen (secondary N) is 1. The van der Waals surface area contributed by atoms with Gasteiger partial charge in [-0.2, -0.15) is 0 Å². The summed E-state index contributed by atoms with van der Waals surface area (Å²) < 4.78 is 8.88. The molecule has 0 bridgehead atoms. The second-order valence-corrected chi connectivity index (χ2v) is 2.04. The molecule has 0 saturated heterocycles. The largest absolute Gasteiger partial charge is 1.00 e. The third-order valence-electron chi connectivity index (χ3n) is 0. The molecule has 0 aromatic rings. The van der Waals surface area contributed by atoms with Gasteiger partial charge in [-0.25, -0.2) is 4.57 Å². The van der Waals surface area contributed by atoms with Gasteiger partial charge in [0.05, 0.1) is 0 Å². The van der Waals surface area contributed by atoms with Crippen LogP contribution >= 0.6 is 7.82 Å². The topological polar surface area (TPSA) is 89.8 Å². The van der Waals surface area contributed by atoms with E-state index in [1.165, 1.54) is 0 Å². The Morgan fingerprint density at radius 3 is 1.33 bits per heavy atom. The van der Waals surface area contributed by atoms with E-state index in [4.69, 9.17) is 19.2 Å². The van der Waals surface area contributed by atoms with Gasteiger partial charge >= 0.3 is 37.4 Å². The molecular formula is C2H11NNaO4P. The van der Waals surface area contributed by atoms with Gasteiger partial charge in [0.1, 0.15) is 0 Å². The van der Waals surface area contributed by atoms with Gasteiger partial charge in [0.25, 0.3) is 0 Å². The Labute approximate surface area is 77.5 Å². The molecular weight excluding hydrogens is 156 g/mol. The molecule has 0 fully saturated rings. The van der Waals surface area contributed by atoms with Crippen LogP contribution in [0.15, 0.2) is 0 Å². The van der Waals surface area contributed by atoms with Gasteiger partial charge in [-0.15, -0.1) is 0 Å². The van der Waals surface area contributed by atoms with Crippen molar-refractivity contribution in [2.24, 2.45) is 0 Å². The van der Waals surface area contributed by atoms with Crippen molar-refractivity contribution in [2.45, 2.75) is 0 Å². The molecule has 5 nitrogen and oxygen atoms in total. The van der Waals surface area contributed by atoms with Crippen LogP contribution in [0.2, 0.25) is 0 Å². The molecule has 7 heteroatoms. The molecule has 0 unspecified atom stereocenters. The van der Waals surface area contributed by atoms with Crippen molar-refractivity contribution in [3.8, 4) is 0 Å². The van der Waals surface area contributed by atoms with Crippen molar-refractivity contribution in [1.29, 1.82) is 0 Å². The molecule has 0 aliphatic rings. The Kier molecular flexibility index (Phi) is 16.7. The molecule has 54 valence electrons. The molecule has 0 aromatic carbocycles. The minimum absolute atomic E-state index is 0. The van der Waals surface area contributed by atoms with E-state index in [1.807, 2.05) is 14.1 Å². The third-order valence-corrected chi connectivity index (χ3v) is 0. The first-order chi connectivity index (χ1) is 3.41. The van der Waals surface area contributed by atoms with Gasteiger partial charge in [-0.05, 0) is 14.1 Å². The fourth-order valence-electron chi connectivity index (χ4n) is 0. The average molecular weight is 167 g/mol. The Morgan fingerprint density at radius 1 is 1.33 bits per heavy atom. The van der Waals surface area contributed by atoms with E-state index in [2.05, 4.69) is 5.32 Å². The van der Waals surface area contributed by atoms with Crippen LogP contribution in [0.5, 0.6) is 0 Å². The Hall–Kier alpha value is 1.07. The molecule has 9 heavy (non-hydrogen) atoms. The summed E-state index contributed by atoms with van der Waals surface area (Å²) in [6.07, 6.45) is 0. The fraction of sp³-hybridized carbons (Fsp3) is 1.00. The van der Waals surface area contributed by atoms with Gasteiger partial charge in [0.2, 0.25) is 0 Å². The first-order valence-corrected chi connectivity index (χ1v) is 3.35. The maximum Gasteiger partial charge on any atom is 1.00 e. The van der Waals surface area contributed by atoms with Crippen LogP contribution in [0.3, 0.4) is 0 Å². The predicted octanol–water partition coefficient (Wildman–Crippen LogP) is -3.98. The number of phosphoric acid groups is 1. The second-order valence-electron chi connectivity index (χ2n) is 1.01. The molecule has 0 aliphatic carbocycles. The van der Waals surface area contributed by atoms with Crippen molar-refractivity contribution in [2.75, 3.05) is 14.1 Å². The zero-order chi connectivity index (χ0) is 7.21. The van der Waals surface area contributed by atoms with Crippen LogP contribution < -0.4 is 34.9 Å². The summed E-state index contributed by atoms with van der Waals surface area (Å²) >= 11 is 0. The molecule has 0 atom stereocenters. The summed E-state index contributed by atoms with van der Waals surface area (Å²) in [5, 5.41) is 2.75. The fourth-order valence-corrected chi connectivity index (χ4v) is 0. The second kappa shape index (κ2) is 9.07. The van der Waals surface area contributed by atoms with Gasteiger partial charge < -0.3 is 21.4 Å². The van der Waals surface area contributed by atoms with Crippen molar-refractivity contribution in [3.63, 3.8) is 0 Å². The van der Waals surface area contributed by atoms with Crippen molar-refractivity contribution < 1.29 is 50.2 Å². The Morgan fingerprint density at radius 2 is 1.33 bits per heavy atom. The summed E-state index contributed by atoms with van der Waals surface area (Å²) in [5.41, 5.74) is 0. The van der Waals surface area contributed by atoms with Crippen LogP contribution in [0.4, 0.5) is 0 Å². The van der Waals surface area contributed by atoms with E-state index in [0.29, 0.717) is 0 Å². The molecule has 0 amide bonds. The Bertz CT molecular complexity index is 79.1. The van der Waals surface area contributed by atoms with Crippen LogP contribution in [-0.4, -0.2) is 28.8 Å². The first-order valence-electron chi connectivity index (χ1n) is 1.78. The number of hydrogen-bond donors (Lipinski definition) is 4. The first kappa shape index (κ1) is 16.6. The maximum atomic E-state index is 8.88. The van der Waals surface area contributed by atoms with Gasteiger partial charge in [-0.1, -0.05) is 0 Å². The van der Waals surface area contributed by atoms with E-state index in [0.717, 1.165) is 0 Å². The van der Waals surface area contributed by atoms with E-state index < -0.39 is 7.82 Å². The molecule has 4 N–H and O–H groups in total. The molecule has 0 heterocycles. The van der Waals surface area contributed by atoms with Crippen molar-refractivity contribution in [1.82, 2.24) is 5.32 Å². The zero-order valence-electron chi connectivity index (χ0n) is 6.70. The molecule has 0 rings (SSSR count). The van der Waals surface area contributed by atoms with E-state index in [-0.39, 0.29) is 31.0 Å². The number of hydrogen-bond acceptors (Lipinski definition) is 2. The quantitative estimate of drug-likeness (QED) is 0.218. The SMILES string of the molecule is CNC.O=P(O)(O)O.[H-].[Na+]. The van der Waals surface area contributed by atoms with Crippen LogP contribution in [0.1, 0.15) is 1.43 Å². The van der Waals surface area contributed by atoms with Crippen LogP contribution in [0, 0.1) is 0 Å². The molecule has 0 spiro atoms. The standard InChI is InChI=1S/C2H7N.Na.H3O4P.H/c1-3-2;;1-5(2,3)4;/h3H,1-2H3;;(H3,1,2,3,4);/q;+1;;-1. The van der Waals surface area contributed by atoms with Crippen molar-refractivity contribution >= 4 is 7.82 Å². The summed E-state index contributed by atoms with van der Waals surface area (Å²) in [4.78, 5) is 21.6. The molecule has 0 saturated carbocycles. The van der Waals surface area contributed by atoms with E-state index in [9.17, 15) is 0 Å². The normalized spacial score (nSPS) is 8.56. The minimum atomic E-state index is -4.64. The van der Waals surface area contributed by atoms with Gasteiger partial charge in [-0.3, -0.25) is 0 Å². The van der Waals surface area contributed by atoms with E-state index >= 15 is 0 Å². The third kappa shape index (κ3) is 396. The van der Waals surface area contributed by atoms with Crippen molar-refractivity contribution in [3.05, 3.63) is 0 Å². The summed E-state index contributed by atoms with van der Waals surface area (Å²) in [7, 11) is -0.889. The smallest absolute Gasteiger partial charge is 1.00 e. The summed E-state index contributed by atoms with van der Waals surface area (Å²) in [5.74, 6) is 0. The van der Waals surface area contributed by atoms with Gasteiger partial charge in [0, 0.05) is 0 Å². The molecule has 0 aliphatic heterocycles. The number of rotatable bonds is 0. The van der Waals surface area contributed by atoms with E-state index in [1.54, 1.807) is 0 Å². The Balaban J connectivity index is -0.0000000326. The predicted molar refractivity (Wildman–Crippen MR) is 30.4 cm³/mol. The summed E-state index contributed by atoms with van der Waals surface area (Å²) in [6.45, 7) is 0. The van der Waals surface area contributed by atoms with Gasteiger partial charge in [0.15, 0.2) is 0 Å². The maximum absolute atomic E-state index is 8.88. The average Bonchev–Trinajstić information content (AvgIpc) is 1.27. The zero-order valence-corrected chi connectivity index (χ0v) is 8.59. The minimum Gasteiger partial charge on any atom is -1.00 e. The van der Waals surface area contributed by atoms with Crippen LogP contribution in [0.25, 0.3) is 0 Å². The molecule has 0 aromatic heterocycles.